The van der Waals surface area contributed by atoms with Crippen molar-refractivity contribution in [3.8, 4) is 0 Å². The van der Waals surface area contributed by atoms with E-state index in [1.807, 2.05) is 44.2 Å². The summed E-state index contributed by atoms with van der Waals surface area (Å²) in [6, 6.07) is 11.4. The first-order valence-electron chi connectivity index (χ1n) is 16.4. The molecule has 13 heteroatoms. The first-order valence-corrected chi connectivity index (χ1v) is 16.4. The van der Waals surface area contributed by atoms with Gasteiger partial charge < -0.3 is 29.9 Å². The number of amides is 3. The molecule has 0 spiro atoms. The second-order valence-corrected chi connectivity index (χ2v) is 13.0. The van der Waals surface area contributed by atoms with E-state index >= 15 is 0 Å². The predicted octanol–water partition coefficient (Wildman–Crippen LogP) is 1.86. The minimum Gasteiger partial charge on any atom is -0.379 e. The van der Waals surface area contributed by atoms with E-state index in [0.717, 1.165) is 24.2 Å². The molecule has 2 aliphatic heterocycles. The molecular formula is C35H44N6O7. The molecule has 3 amide bonds. The van der Waals surface area contributed by atoms with Crippen molar-refractivity contribution in [2.45, 2.75) is 70.3 Å². The van der Waals surface area contributed by atoms with Gasteiger partial charge in [-0.25, -0.2) is 0 Å². The maximum Gasteiger partial charge on any atom is 0.274 e. The number of hydrogen-bond acceptors (Lipinski definition) is 10. The van der Waals surface area contributed by atoms with Crippen molar-refractivity contribution in [2.24, 2.45) is 5.92 Å². The van der Waals surface area contributed by atoms with E-state index in [4.69, 9.17) is 14.0 Å². The zero-order valence-electron chi connectivity index (χ0n) is 27.6. The first-order chi connectivity index (χ1) is 23.1. The minimum atomic E-state index is -1.07. The van der Waals surface area contributed by atoms with Gasteiger partial charge in [-0.05, 0) is 42.5 Å². The Morgan fingerprint density at radius 1 is 0.875 bits per heavy atom. The molecule has 4 atom stereocenters. The summed E-state index contributed by atoms with van der Waals surface area (Å²) in [4.78, 5) is 60.7. The van der Waals surface area contributed by atoms with Gasteiger partial charge in [0.1, 0.15) is 17.7 Å². The zero-order chi connectivity index (χ0) is 34.1. The van der Waals surface area contributed by atoms with Crippen molar-refractivity contribution in [2.75, 3.05) is 32.9 Å². The van der Waals surface area contributed by atoms with Crippen molar-refractivity contribution in [3.63, 3.8) is 0 Å². The quantitative estimate of drug-likeness (QED) is 0.193. The van der Waals surface area contributed by atoms with Crippen LogP contribution in [-0.2, 0) is 43.2 Å². The van der Waals surface area contributed by atoms with Gasteiger partial charge in [-0.1, -0.05) is 49.3 Å². The summed E-state index contributed by atoms with van der Waals surface area (Å²) in [5, 5.41) is 12.5. The van der Waals surface area contributed by atoms with Gasteiger partial charge in [-0.15, -0.1) is 0 Å². The van der Waals surface area contributed by atoms with E-state index in [-0.39, 0.29) is 30.2 Å². The predicted molar refractivity (Wildman–Crippen MR) is 175 cm³/mol. The maximum atomic E-state index is 14.0. The number of nitrogens with one attached hydrogen (secondary N) is 3. The lowest BCUT2D eigenvalue weighted by atomic mass is 9.93. The third-order valence-electron chi connectivity index (χ3n) is 8.44. The van der Waals surface area contributed by atoms with Gasteiger partial charge in [0.2, 0.25) is 11.8 Å². The monoisotopic (exact) mass is 660 g/mol. The first kappa shape index (κ1) is 34.9. The number of rotatable bonds is 16. The fraction of sp³-hybridized carbons (Fsp3) is 0.486. The summed E-state index contributed by atoms with van der Waals surface area (Å²) >= 11 is 0. The van der Waals surface area contributed by atoms with Crippen LogP contribution in [0.25, 0.3) is 0 Å². The Kier molecular flexibility index (Phi) is 11.7. The molecule has 3 N–H and O–H groups in total. The molecule has 2 fully saturated rings. The van der Waals surface area contributed by atoms with Crippen LogP contribution in [0.4, 0.5) is 0 Å². The Hall–Kier alpha value is -4.46. The van der Waals surface area contributed by atoms with E-state index in [0.29, 0.717) is 38.5 Å². The van der Waals surface area contributed by atoms with E-state index in [1.165, 1.54) is 0 Å². The number of Topliss-reactive ketones (excluding diaryl/α,β-unsaturated/α-hetero) is 1. The van der Waals surface area contributed by atoms with Gasteiger partial charge in [-0.3, -0.25) is 29.1 Å². The molecule has 13 nitrogen and oxygen atoms in total. The number of benzene rings is 1. The molecule has 0 bridgehead atoms. The van der Waals surface area contributed by atoms with Gasteiger partial charge >= 0.3 is 0 Å². The van der Waals surface area contributed by atoms with Gasteiger partial charge in [0, 0.05) is 44.4 Å². The van der Waals surface area contributed by atoms with Crippen LogP contribution in [0.3, 0.4) is 0 Å². The Bertz CT molecular complexity index is 1540. The van der Waals surface area contributed by atoms with Gasteiger partial charge in [0.15, 0.2) is 17.2 Å². The number of carbonyl (C=O) groups is 4. The molecule has 256 valence electrons. The van der Waals surface area contributed by atoms with Crippen LogP contribution in [0.1, 0.15) is 54.6 Å². The van der Waals surface area contributed by atoms with Crippen molar-refractivity contribution in [1.29, 1.82) is 0 Å². The standard InChI is InChI=1S/C35H44N6O7/c1-23(2)17-27(31(42)35(3)22-47-35)37-32(43)28(18-24-7-5-4-6-8-24)38-33(44)29(19-25-9-11-36-12-10-25)39-34(45)30-20-26(48-40-30)21-41-13-15-46-16-14-41/h4-12,20,23,27-29H,13-19,21-22H2,1-3H3,(H,37,43)(H,38,44)(H,39,45)/t27?,28-,29?,35+/m0/s1. The molecule has 0 radical (unpaired) electrons. The van der Waals surface area contributed by atoms with Gasteiger partial charge in [0.05, 0.1) is 32.4 Å². The molecule has 2 unspecified atom stereocenters. The van der Waals surface area contributed by atoms with Crippen LogP contribution in [0.2, 0.25) is 0 Å². The average Bonchev–Trinajstić information content (AvgIpc) is 3.66. The molecule has 4 heterocycles. The van der Waals surface area contributed by atoms with Crippen LogP contribution in [0, 0.1) is 5.92 Å². The number of aromatic nitrogens is 2. The Labute approximate surface area is 280 Å². The van der Waals surface area contributed by atoms with E-state index in [1.54, 1.807) is 37.5 Å². The Morgan fingerprint density at radius 3 is 2.10 bits per heavy atom. The van der Waals surface area contributed by atoms with E-state index < -0.39 is 41.4 Å². The molecule has 48 heavy (non-hydrogen) atoms. The highest BCUT2D eigenvalue weighted by atomic mass is 16.6. The number of ketones is 1. The normalized spacial score (nSPS) is 19.6. The Balaban J connectivity index is 1.33. The summed E-state index contributed by atoms with van der Waals surface area (Å²) in [6.07, 6.45) is 3.91. The molecule has 3 aromatic rings. The summed E-state index contributed by atoms with van der Waals surface area (Å²) in [7, 11) is 0. The number of morpholine rings is 1. The summed E-state index contributed by atoms with van der Waals surface area (Å²) in [6.45, 7) is 9.17. The fourth-order valence-corrected chi connectivity index (χ4v) is 5.60. The molecular weight excluding hydrogens is 616 g/mol. The SMILES string of the molecule is CC(C)CC(NC(=O)[C@H](Cc1ccccc1)NC(=O)C(Cc1ccncc1)NC(=O)c1cc(CN2CCOCC2)on1)C(=O)[C@@]1(C)CO1. The number of pyridine rings is 1. The molecule has 2 aromatic heterocycles. The number of nitrogens with zero attached hydrogens (tertiary/aromatic N) is 3. The molecule has 2 aliphatic rings. The number of epoxide rings is 1. The van der Waals surface area contributed by atoms with Crippen molar-refractivity contribution >= 4 is 23.5 Å². The number of carbonyl (C=O) groups excluding carboxylic acids is 4. The largest absolute Gasteiger partial charge is 0.379 e. The summed E-state index contributed by atoms with van der Waals surface area (Å²) in [5.74, 6) is -1.23. The van der Waals surface area contributed by atoms with Crippen molar-refractivity contribution < 1.29 is 33.2 Å². The lowest BCUT2D eigenvalue weighted by molar-refractivity contribution is -0.133. The van der Waals surface area contributed by atoms with Crippen LogP contribution in [0.5, 0.6) is 0 Å². The second kappa shape index (κ2) is 16.1. The summed E-state index contributed by atoms with van der Waals surface area (Å²) < 4.78 is 16.2. The van der Waals surface area contributed by atoms with Crippen LogP contribution >= 0.6 is 0 Å². The Morgan fingerprint density at radius 2 is 1.48 bits per heavy atom. The maximum absolute atomic E-state index is 14.0. The van der Waals surface area contributed by atoms with E-state index in [9.17, 15) is 19.2 Å². The minimum absolute atomic E-state index is 0.0372. The van der Waals surface area contributed by atoms with Gasteiger partial charge in [0.25, 0.3) is 5.91 Å². The van der Waals surface area contributed by atoms with Crippen molar-refractivity contribution in [1.82, 2.24) is 31.0 Å². The van der Waals surface area contributed by atoms with Crippen LogP contribution < -0.4 is 16.0 Å². The topological polar surface area (TPSA) is 168 Å². The zero-order valence-corrected chi connectivity index (χ0v) is 27.6. The summed E-state index contributed by atoms with van der Waals surface area (Å²) in [5.41, 5.74) is 0.680. The van der Waals surface area contributed by atoms with Crippen LogP contribution in [-0.4, -0.2) is 95.2 Å². The van der Waals surface area contributed by atoms with Crippen LogP contribution in [0.15, 0.2) is 65.4 Å². The highest BCUT2D eigenvalue weighted by Gasteiger charge is 2.50. The molecule has 5 rings (SSSR count). The second-order valence-electron chi connectivity index (χ2n) is 13.0. The molecule has 2 saturated heterocycles. The van der Waals surface area contributed by atoms with E-state index in [2.05, 4.69) is 31.0 Å². The lowest BCUT2D eigenvalue weighted by Crippen LogP contribution is -2.57. The smallest absolute Gasteiger partial charge is 0.274 e. The third kappa shape index (κ3) is 9.78. The molecule has 0 saturated carbocycles. The van der Waals surface area contributed by atoms with Crippen molar-refractivity contribution in [3.05, 3.63) is 83.5 Å². The highest BCUT2D eigenvalue weighted by Crippen LogP contribution is 2.29. The number of ether oxygens (including phenoxy) is 2. The molecule has 1 aromatic carbocycles. The third-order valence-corrected chi connectivity index (χ3v) is 8.44. The highest BCUT2D eigenvalue weighted by molar-refractivity contribution is 5.99. The average molecular weight is 661 g/mol. The molecule has 0 aliphatic carbocycles. The lowest BCUT2D eigenvalue weighted by Gasteiger charge is -2.26. The number of hydrogen-bond donors (Lipinski definition) is 3. The fourth-order valence-electron chi connectivity index (χ4n) is 5.60. The van der Waals surface area contributed by atoms with Gasteiger partial charge in [-0.2, -0.15) is 0 Å².